The molecular formula is C16H23NO3. The van der Waals surface area contributed by atoms with E-state index in [9.17, 15) is 0 Å². The van der Waals surface area contributed by atoms with Crippen molar-refractivity contribution in [2.24, 2.45) is 0 Å². The van der Waals surface area contributed by atoms with E-state index in [0.29, 0.717) is 24.9 Å². The molecule has 0 aliphatic carbocycles. The van der Waals surface area contributed by atoms with Crippen LogP contribution in [0, 0.1) is 0 Å². The van der Waals surface area contributed by atoms with Crippen molar-refractivity contribution in [1.29, 1.82) is 0 Å². The Morgan fingerprint density at radius 1 is 1.30 bits per heavy atom. The van der Waals surface area contributed by atoms with Crippen LogP contribution in [-0.2, 0) is 11.3 Å². The van der Waals surface area contributed by atoms with Gasteiger partial charge in [0.25, 0.3) is 0 Å². The number of nitrogens with one attached hydrogen (secondary N) is 1. The van der Waals surface area contributed by atoms with Crippen molar-refractivity contribution in [1.82, 2.24) is 5.32 Å². The standard InChI is InChI=1S/C16H23NO3/c1-3-19-16-8-11(4-6-15(16)18-2)10-17-13-9-12-5-7-14(13)20-12/h4,6,8,12-14,17H,3,5,7,9-10H2,1-2H3. The van der Waals surface area contributed by atoms with E-state index in [1.54, 1.807) is 7.11 Å². The van der Waals surface area contributed by atoms with Crippen molar-refractivity contribution >= 4 is 0 Å². The summed E-state index contributed by atoms with van der Waals surface area (Å²) in [5.41, 5.74) is 1.22. The number of rotatable bonds is 6. The van der Waals surface area contributed by atoms with E-state index in [2.05, 4.69) is 17.4 Å². The first-order chi connectivity index (χ1) is 9.80. The van der Waals surface area contributed by atoms with E-state index in [1.165, 1.54) is 18.4 Å². The van der Waals surface area contributed by atoms with Gasteiger partial charge in [-0.2, -0.15) is 0 Å². The van der Waals surface area contributed by atoms with E-state index in [1.807, 2.05) is 13.0 Å². The number of ether oxygens (including phenoxy) is 3. The Bertz CT molecular complexity index is 463. The number of fused-ring (bicyclic) bond motifs is 2. The maximum absolute atomic E-state index is 5.86. The molecular weight excluding hydrogens is 254 g/mol. The van der Waals surface area contributed by atoms with Crippen LogP contribution in [-0.4, -0.2) is 32.0 Å². The molecule has 1 N–H and O–H groups in total. The van der Waals surface area contributed by atoms with Gasteiger partial charge in [-0.05, 0) is 43.9 Å². The summed E-state index contributed by atoms with van der Waals surface area (Å²) in [6, 6.07) is 6.62. The minimum atomic E-state index is 0.421. The van der Waals surface area contributed by atoms with Crippen LogP contribution in [0.3, 0.4) is 0 Å². The second-order valence-corrected chi connectivity index (χ2v) is 5.52. The van der Waals surface area contributed by atoms with Gasteiger partial charge in [0.15, 0.2) is 11.5 Å². The van der Waals surface area contributed by atoms with Crippen LogP contribution >= 0.6 is 0 Å². The molecule has 0 saturated carbocycles. The van der Waals surface area contributed by atoms with Gasteiger partial charge in [0.1, 0.15) is 0 Å². The predicted molar refractivity (Wildman–Crippen MR) is 77.3 cm³/mol. The zero-order valence-corrected chi connectivity index (χ0v) is 12.2. The summed E-state index contributed by atoms with van der Waals surface area (Å²) >= 11 is 0. The molecule has 2 heterocycles. The third-order valence-electron chi connectivity index (χ3n) is 4.20. The largest absolute Gasteiger partial charge is 0.493 e. The molecule has 3 rings (SSSR count). The Morgan fingerprint density at radius 2 is 2.20 bits per heavy atom. The fourth-order valence-electron chi connectivity index (χ4n) is 3.20. The van der Waals surface area contributed by atoms with Gasteiger partial charge in [-0.25, -0.2) is 0 Å². The molecule has 0 spiro atoms. The van der Waals surface area contributed by atoms with Crippen molar-refractivity contribution in [3.63, 3.8) is 0 Å². The number of benzene rings is 1. The van der Waals surface area contributed by atoms with Crippen LogP contribution in [0.4, 0.5) is 0 Å². The van der Waals surface area contributed by atoms with Gasteiger partial charge in [-0.3, -0.25) is 0 Å². The van der Waals surface area contributed by atoms with Crippen molar-refractivity contribution in [2.45, 2.75) is 51.0 Å². The highest BCUT2D eigenvalue weighted by atomic mass is 16.5. The highest BCUT2D eigenvalue weighted by molar-refractivity contribution is 5.42. The van der Waals surface area contributed by atoms with Crippen LogP contribution < -0.4 is 14.8 Å². The summed E-state index contributed by atoms with van der Waals surface area (Å²) < 4.78 is 16.8. The zero-order valence-electron chi connectivity index (χ0n) is 12.2. The normalized spacial score (nSPS) is 27.8. The second-order valence-electron chi connectivity index (χ2n) is 5.52. The monoisotopic (exact) mass is 277 g/mol. The lowest BCUT2D eigenvalue weighted by Gasteiger charge is -2.20. The van der Waals surface area contributed by atoms with Crippen molar-refractivity contribution in [3.8, 4) is 11.5 Å². The summed E-state index contributed by atoms with van der Waals surface area (Å²) in [4.78, 5) is 0. The predicted octanol–water partition coefficient (Wildman–Crippen LogP) is 2.50. The first kappa shape index (κ1) is 13.7. The molecule has 1 aromatic carbocycles. The average molecular weight is 277 g/mol. The Morgan fingerprint density at radius 3 is 2.85 bits per heavy atom. The third-order valence-corrected chi connectivity index (χ3v) is 4.20. The molecule has 2 aliphatic heterocycles. The lowest BCUT2D eigenvalue weighted by atomic mass is 9.95. The van der Waals surface area contributed by atoms with Crippen molar-refractivity contribution in [2.75, 3.05) is 13.7 Å². The summed E-state index contributed by atoms with van der Waals surface area (Å²) in [5.74, 6) is 1.61. The SMILES string of the molecule is CCOc1cc(CNC2CC3CCC2O3)ccc1OC. The molecule has 110 valence electrons. The molecule has 4 heteroatoms. The van der Waals surface area contributed by atoms with Crippen molar-refractivity contribution in [3.05, 3.63) is 23.8 Å². The van der Waals surface area contributed by atoms with Crippen LogP contribution in [0.25, 0.3) is 0 Å². The van der Waals surface area contributed by atoms with Crippen LogP contribution in [0.2, 0.25) is 0 Å². The Hall–Kier alpha value is -1.26. The molecule has 3 unspecified atom stereocenters. The minimum absolute atomic E-state index is 0.421. The summed E-state index contributed by atoms with van der Waals surface area (Å²) in [7, 11) is 1.67. The quantitative estimate of drug-likeness (QED) is 0.867. The molecule has 1 aromatic rings. The first-order valence-corrected chi connectivity index (χ1v) is 7.48. The first-order valence-electron chi connectivity index (χ1n) is 7.48. The Kier molecular flexibility index (Phi) is 4.13. The lowest BCUT2D eigenvalue weighted by Crippen LogP contribution is -2.36. The van der Waals surface area contributed by atoms with Gasteiger partial charge in [0.05, 0.1) is 25.9 Å². The van der Waals surface area contributed by atoms with E-state index < -0.39 is 0 Å². The van der Waals surface area contributed by atoms with Gasteiger partial charge in [0, 0.05) is 12.6 Å². The van der Waals surface area contributed by atoms with Crippen molar-refractivity contribution < 1.29 is 14.2 Å². The zero-order chi connectivity index (χ0) is 13.9. The Balaban J connectivity index is 1.61. The maximum atomic E-state index is 5.86. The van der Waals surface area contributed by atoms with Gasteiger partial charge < -0.3 is 19.5 Å². The Labute approximate surface area is 120 Å². The molecule has 0 aromatic heterocycles. The highest BCUT2D eigenvalue weighted by Gasteiger charge is 2.40. The average Bonchev–Trinajstić information content (AvgIpc) is 3.08. The topological polar surface area (TPSA) is 39.7 Å². The molecule has 0 radical (unpaired) electrons. The summed E-state index contributed by atoms with van der Waals surface area (Å²) in [6.45, 7) is 3.48. The van der Waals surface area contributed by atoms with Crippen LogP contribution in [0.5, 0.6) is 11.5 Å². The number of hydrogen-bond donors (Lipinski definition) is 1. The number of hydrogen-bond acceptors (Lipinski definition) is 4. The van der Waals surface area contributed by atoms with Gasteiger partial charge in [-0.15, -0.1) is 0 Å². The van der Waals surface area contributed by atoms with Crippen LogP contribution in [0.1, 0.15) is 31.7 Å². The molecule has 2 saturated heterocycles. The molecule has 2 aliphatic rings. The lowest BCUT2D eigenvalue weighted by molar-refractivity contribution is 0.0973. The minimum Gasteiger partial charge on any atom is -0.493 e. The summed E-state index contributed by atoms with van der Waals surface area (Å²) in [5, 5.41) is 3.61. The van der Waals surface area contributed by atoms with Gasteiger partial charge >= 0.3 is 0 Å². The highest BCUT2D eigenvalue weighted by Crippen LogP contribution is 2.34. The van der Waals surface area contributed by atoms with E-state index in [-0.39, 0.29) is 0 Å². The molecule has 2 bridgehead atoms. The van der Waals surface area contributed by atoms with Gasteiger partial charge in [-0.1, -0.05) is 6.07 Å². The fraction of sp³-hybridized carbons (Fsp3) is 0.625. The summed E-state index contributed by atoms with van der Waals surface area (Å²) in [6.07, 6.45) is 4.51. The molecule has 4 nitrogen and oxygen atoms in total. The molecule has 20 heavy (non-hydrogen) atoms. The van der Waals surface area contributed by atoms with E-state index in [4.69, 9.17) is 14.2 Å². The van der Waals surface area contributed by atoms with E-state index >= 15 is 0 Å². The molecule has 3 atom stereocenters. The smallest absolute Gasteiger partial charge is 0.161 e. The van der Waals surface area contributed by atoms with E-state index in [0.717, 1.165) is 24.5 Å². The molecule has 0 amide bonds. The number of methoxy groups -OCH3 is 1. The third kappa shape index (κ3) is 2.76. The fourth-order valence-corrected chi connectivity index (χ4v) is 3.20. The van der Waals surface area contributed by atoms with Gasteiger partial charge in [0.2, 0.25) is 0 Å². The molecule has 2 fully saturated rings. The maximum Gasteiger partial charge on any atom is 0.161 e. The second kappa shape index (κ2) is 6.02. The van der Waals surface area contributed by atoms with Crippen LogP contribution in [0.15, 0.2) is 18.2 Å².